The fourth-order valence-electron chi connectivity index (χ4n) is 3.23. The topological polar surface area (TPSA) is 88.2 Å². The van der Waals surface area contributed by atoms with Crippen LogP contribution in [0.1, 0.15) is 49.1 Å². The van der Waals surface area contributed by atoms with Crippen molar-refractivity contribution in [1.29, 1.82) is 0 Å². The Balaban J connectivity index is 1.40. The molecule has 1 aliphatic heterocycles. The minimum absolute atomic E-state index is 0.416. The molecule has 7 nitrogen and oxygen atoms in total. The molecule has 0 spiro atoms. The fraction of sp³-hybridized carbons (Fsp3) is 0.625. The first-order valence-electron chi connectivity index (χ1n) is 8.23. The first kappa shape index (κ1) is 14.7. The summed E-state index contributed by atoms with van der Waals surface area (Å²) in [6, 6.07) is 1.81. The molecule has 1 atom stereocenters. The molecule has 1 saturated carbocycles. The zero-order chi connectivity index (χ0) is 15.7. The molecule has 0 aromatic carbocycles. The summed E-state index contributed by atoms with van der Waals surface area (Å²) in [5.74, 6) is 2.60. The Morgan fingerprint density at radius 1 is 1.30 bits per heavy atom. The van der Waals surface area contributed by atoms with Crippen molar-refractivity contribution >= 4 is 0 Å². The van der Waals surface area contributed by atoms with Gasteiger partial charge in [0.05, 0.1) is 18.6 Å². The number of aliphatic hydroxyl groups is 1. The summed E-state index contributed by atoms with van der Waals surface area (Å²) in [6.45, 7) is 2.17. The molecular weight excluding hydrogens is 294 g/mol. The highest BCUT2D eigenvalue weighted by atomic mass is 16.5. The van der Waals surface area contributed by atoms with Gasteiger partial charge >= 0.3 is 0 Å². The monoisotopic (exact) mass is 315 g/mol. The summed E-state index contributed by atoms with van der Waals surface area (Å²) in [5.41, 5.74) is -0.819. The lowest BCUT2D eigenvalue weighted by Gasteiger charge is -2.38. The lowest BCUT2D eigenvalue weighted by Crippen LogP contribution is -2.49. The van der Waals surface area contributed by atoms with E-state index in [4.69, 9.17) is 4.52 Å². The van der Waals surface area contributed by atoms with Crippen LogP contribution >= 0.6 is 0 Å². The van der Waals surface area contributed by atoms with E-state index in [-0.39, 0.29) is 0 Å². The molecule has 1 unspecified atom stereocenters. The van der Waals surface area contributed by atoms with Crippen molar-refractivity contribution in [2.24, 2.45) is 0 Å². The van der Waals surface area contributed by atoms with Crippen LogP contribution in [0.4, 0.5) is 0 Å². The van der Waals surface area contributed by atoms with Gasteiger partial charge in [0.2, 0.25) is 5.89 Å². The maximum absolute atomic E-state index is 10.9. The Hall–Kier alpha value is -1.86. The van der Waals surface area contributed by atoms with Gasteiger partial charge in [-0.15, -0.1) is 0 Å². The second-order valence-corrected chi connectivity index (χ2v) is 6.70. The van der Waals surface area contributed by atoms with Gasteiger partial charge in [0.25, 0.3) is 0 Å². The van der Waals surface area contributed by atoms with Crippen LogP contribution in [-0.2, 0) is 13.0 Å². The molecule has 23 heavy (non-hydrogen) atoms. The molecule has 3 heterocycles. The largest absolute Gasteiger partial charge is 0.388 e. The molecular formula is C16H21N5O2. The van der Waals surface area contributed by atoms with Crippen LogP contribution in [-0.4, -0.2) is 48.8 Å². The van der Waals surface area contributed by atoms with Crippen LogP contribution in [0.15, 0.2) is 23.0 Å². The van der Waals surface area contributed by atoms with Gasteiger partial charge < -0.3 is 9.63 Å². The lowest BCUT2D eigenvalue weighted by molar-refractivity contribution is -0.0379. The standard InChI is InChI=1S/C16H21N5O2/c22-16(9-14-19-15(20-23-14)12-3-4-12)5-1-8-21(11-16)10-13-17-6-2-7-18-13/h2,6-7,12,22H,1,3-5,8-11H2. The third kappa shape index (κ3) is 3.56. The van der Waals surface area contributed by atoms with E-state index < -0.39 is 5.60 Å². The molecule has 0 radical (unpaired) electrons. The summed E-state index contributed by atoms with van der Waals surface area (Å²) < 4.78 is 5.32. The fourth-order valence-corrected chi connectivity index (χ4v) is 3.23. The normalized spacial score (nSPS) is 25.6. The Morgan fingerprint density at radius 2 is 2.13 bits per heavy atom. The molecule has 0 bridgehead atoms. The lowest BCUT2D eigenvalue weighted by atomic mass is 9.89. The van der Waals surface area contributed by atoms with E-state index in [1.54, 1.807) is 12.4 Å². The first-order chi connectivity index (χ1) is 11.2. The maximum Gasteiger partial charge on any atom is 0.229 e. The molecule has 2 aromatic rings. The predicted molar refractivity (Wildman–Crippen MR) is 81.5 cm³/mol. The van der Waals surface area contributed by atoms with Crippen LogP contribution in [0.25, 0.3) is 0 Å². The summed E-state index contributed by atoms with van der Waals surface area (Å²) in [5, 5.41) is 15.0. The second kappa shape index (κ2) is 5.98. The highest BCUT2D eigenvalue weighted by Crippen LogP contribution is 2.38. The van der Waals surface area contributed by atoms with Crippen LogP contribution in [0.5, 0.6) is 0 Å². The zero-order valence-corrected chi connectivity index (χ0v) is 13.1. The smallest absolute Gasteiger partial charge is 0.229 e. The van der Waals surface area contributed by atoms with E-state index in [1.807, 2.05) is 6.07 Å². The third-order valence-electron chi connectivity index (χ3n) is 4.53. The molecule has 2 aromatic heterocycles. The quantitative estimate of drug-likeness (QED) is 0.889. The number of nitrogens with zero attached hydrogens (tertiary/aromatic N) is 5. The van der Waals surface area contributed by atoms with Crippen LogP contribution in [0, 0.1) is 0 Å². The summed E-state index contributed by atoms with van der Waals surface area (Å²) in [6.07, 6.45) is 7.89. The van der Waals surface area contributed by atoms with Crippen LogP contribution in [0.3, 0.4) is 0 Å². The van der Waals surface area contributed by atoms with E-state index in [2.05, 4.69) is 25.0 Å². The van der Waals surface area contributed by atoms with Gasteiger partial charge in [-0.05, 0) is 38.3 Å². The minimum atomic E-state index is -0.819. The Morgan fingerprint density at radius 3 is 2.91 bits per heavy atom. The minimum Gasteiger partial charge on any atom is -0.388 e. The van der Waals surface area contributed by atoms with Crippen molar-refractivity contribution in [3.05, 3.63) is 36.0 Å². The van der Waals surface area contributed by atoms with Gasteiger partial charge in [-0.25, -0.2) is 9.97 Å². The van der Waals surface area contributed by atoms with E-state index in [0.717, 1.165) is 43.9 Å². The van der Waals surface area contributed by atoms with E-state index in [1.165, 1.54) is 0 Å². The number of hydrogen-bond donors (Lipinski definition) is 1. The number of β-amino-alcohol motifs (C(OH)–C–C–N with tert-alkyl or cyclic N) is 1. The average molecular weight is 315 g/mol. The number of aromatic nitrogens is 4. The van der Waals surface area contributed by atoms with Crippen LogP contribution in [0.2, 0.25) is 0 Å². The van der Waals surface area contributed by atoms with Crippen LogP contribution < -0.4 is 0 Å². The number of hydrogen-bond acceptors (Lipinski definition) is 7. The average Bonchev–Trinajstić information content (AvgIpc) is 3.29. The molecule has 4 rings (SSSR count). The molecule has 7 heteroatoms. The van der Waals surface area contributed by atoms with E-state index >= 15 is 0 Å². The number of piperidine rings is 1. The van der Waals surface area contributed by atoms with E-state index in [9.17, 15) is 5.11 Å². The van der Waals surface area contributed by atoms with Gasteiger partial charge in [-0.1, -0.05) is 5.16 Å². The van der Waals surface area contributed by atoms with E-state index in [0.29, 0.717) is 31.3 Å². The predicted octanol–water partition coefficient (Wildman–Crippen LogP) is 1.31. The van der Waals surface area contributed by atoms with Crippen molar-refractivity contribution < 1.29 is 9.63 Å². The highest BCUT2D eigenvalue weighted by Gasteiger charge is 2.36. The van der Waals surface area contributed by atoms with Crippen molar-refractivity contribution in [2.45, 2.75) is 50.2 Å². The van der Waals surface area contributed by atoms with Gasteiger partial charge in [-0.3, -0.25) is 4.90 Å². The van der Waals surface area contributed by atoms with Gasteiger partial charge in [-0.2, -0.15) is 4.98 Å². The maximum atomic E-state index is 10.9. The molecule has 1 N–H and O–H groups in total. The zero-order valence-electron chi connectivity index (χ0n) is 13.1. The molecule has 1 saturated heterocycles. The summed E-state index contributed by atoms with van der Waals surface area (Å²) in [4.78, 5) is 15.1. The van der Waals surface area contributed by atoms with Crippen molar-refractivity contribution in [2.75, 3.05) is 13.1 Å². The third-order valence-corrected chi connectivity index (χ3v) is 4.53. The molecule has 2 fully saturated rings. The molecule has 0 amide bonds. The molecule has 2 aliphatic rings. The van der Waals surface area contributed by atoms with Crippen molar-refractivity contribution in [3.8, 4) is 0 Å². The SMILES string of the molecule is OC1(Cc2nc(C3CC3)no2)CCCN(Cc2ncccn2)C1. The second-order valence-electron chi connectivity index (χ2n) is 6.70. The number of likely N-dealkylation sites (tertiary alicyclic amines) is 1. The van der Waals surface area contributed by atoms with Crippen molar-refractivity contribution in [3.63, 3.8) is 0 Å². The van der Waals surface area contributed by atoms with Gasteiger partial charge in [0.1, 0.15) is 5.82 Å². The van der Waals surface area contributed by atoms with Gasteiger partial charge in [0.15, 0.2) is 5.82 Å². The Kier molecular flexibility index (Phi) is 3.82. The molecule has 122 valence electrons. The van der Waals surface area contributed by atoms with Gasteiger partial charge in [0, 0.05) is 24.9 Å². The Labute approximate surface area is 134 Å². The summed E-state index contributed by atoms with van der Waals surface area (Å²) >= 11 is 0. The number of rotatable bonds is 5. The first-order valence-corrected chi connectivity index (χ1v) is 8.23. The van der Waals surface area contributed by atoms with Crippen molar-refractivity contribution in [1.82, 2.24) is 25.0 Å². The molecule has 1 aliphatic carbocycles. The Bertz CT molecular complexity index is 658. The summed E-state index contributed by atoms with van der Waals surface area (Å²) in [7, 11) is 0. The highest BCUT2D eigenvalue weighted by molar-refractivity contribution is 5.05.